The number of para-hydroxylation sites is 1. The fourth-order valence-electron chi connectivity index (χ4n) is 3.94. The average molecular weight is 368 g/mol. The maximum Gasteiger partial charge on any atom is 0.160 e. The van der Waals surface area contributed by atoms with Gasteiger partial charge >= 0.3 is 0 Å². The SMILES string of the molecule is C[Si](C)(C)c1cc(-c2nc3ccccc3c3ccoc23)cc2ccccc12. The Morgan fingerprint density at radius 2 is 1.52 bits per heavy atom. The van der Waals surface area contributed by atoms with Crippen molar-refractivity contribution in [3.8, 4) is 11.3 Å². The minimum atomic E-state index is -1.53. The van der Waals surface area contributed by atoms with Gasteiger partial charge in [-0.3, -0.25) is 0 Å². The molecule has 0 aliphatic rings. The third-order valence-electron chi connectivity index (χ3n) is 5.25. The maximum atomic E-state index is 5.90. The zero-order valence-electron chi connectivity index (χ0n) is 15.8. The lowest BCUT2D eigenvalue weighted by molar-refractivity contribution is 0.616. The molecule has 0 unspecified atom stereocenters. The number of rotatable bonds is 2. The first-order chi connectivity index (χ1) is 13.0. The van der Waals surface area contributed by atoms with Gasteiger partial charge in [0.25, 0.3) is 0 Å². The normalized spacial score (nSPS) is 12.3. The first-order valence-electron chi connectivity index (χ1n) is 9.32. The van der Waals surface area contributed by atoms with Crippen molar-refractivity contribution in [1.29, 1.82) is 0 Å². The fraction of sp³-hybridized carbons (Fsp3) is 0.125. The van der Waals surface area contributed by atoms with Gasteiger partial charge in [-0.1, -0.05) is 73.4 Å². The third kappa shape index (κ3) is 2.58. The highest BCUT2D eigenvalue weighted by molar-refractivity contribution is 6.90. The van der Waals surface area contributed by atoms with Crippen LogP contribution in [-0.2, 0) is 0 Å². The van der Waals surface area contributed by atoms with Crippen molar-refractivity contribution in [2.45, 2.75) is 19.6 Å². The van der Waals surface area contributed by atoms with Crippen LogP contribution < -0.4 is 5.19 Å². The quantitative estimate of drug-likeness (QED) is 0.340. The lowest BCUT2D eigenvalue weighted by Crippen LogP contribution is -2.38. The predicted octanol–water partition coefficient (Wildman–Crippen LogP) is 6.35. The molecule has 27 heavy (non-hydrogen) atoms. The molecule has 0 aliphatic heterocycles. The molecule has 0 aliphatic carbocycles. The molecule has 132 valence electrons. The van der Waals surface area contributed by atoms with Crippen LogP contribution in [0.5, 0.6) is 0 Å². The monoisotopic (exact) mass is 367 g/mol. The summed E-state index contributed by atoms with van der Waals surface area (Å²) in [6.07, 6.45) is 1.77. The molecule has 5 aromatic rings. The van der Waals surface area contributed by atoms with Crippen LogP contribution in [0.3, 0.4) is 0 Å². The Balaban J connectivity index is 1.89. The average Bonchev–Trinajstić information content (AvgIpc) is 3.16. The summed E-state index contributed by atoms with van der Waals surface area (Å²) in [6, 6.07) is 23.6. The molecule has 3 aromatic carbocycles. The Kier molecular flexibility index (Phi) is 3.49. The van der Waals surface area contributed by atoms with E-state index in [0.29, 0.717) is 0 Å². The highest BCUT2D eigenvalue weighted by Crippen LogP contribution is 2.34. The van der Waals surface area contributed by atoms with E-state index in [2.05, 4.69) is 74.2 Å². The molecule has 0 amide bonds. The van der Waals surface area contributed by atoms with Crippen LogP contribution in [0.2, 0.25) is 19.6 Å². The Morgan fingerprint density at radius 3 is 2.33 bits per heavy atom. The number of nitrogens with zero attached hydrogens (tertiary/aromatic N) is 1. The zero-order chi connectivity index (χ0) is 18.6. The first kappa shape index (κ1) is 16.3. The first-order valence-corrected chi connectivity index (χ1v) is 12.8. The van der Waals surface area contributed by atoms with Crippen LogP contribution in [0.15, 0.2) is 77.4 Å². The zero-order valence-corrected chi connectivity index (χ0v) is 16.8. The van der Waals surface area contributed by atoms with Crippen LogP contribution in [0.25, 0.3) is 43.9 Å². The van der Waals surface area contributed by atoms with Gasteiger partial charge in [-0.05, 0) is 29.0 Å². The number of fused-ring (bicyclic) bond motifs is 4. The van der Waals surface area contributed by atoms with Crippen LogP contribution in [0.1, 0.15) is 0 Å². The van der Waals surface area contributed by atoms with E-state index in [1.807, 2.05) is 12.1 Å². The van der Waals surface area contributed by atoms with Crippen molar-refractivity contribution < 1.29 is 4.42 Å². The van der Waals surface area contributed by atoms with Gasteiger partial charge in [0.1, 0.15) is 5.69 Å². The number of hydrogen-bond donors (Lipinski definition) is 0. The van der Waals surface area contributed by atoms with Crippen LogP contribution in [0, 0.1) is 0 Å². The van der Waals surface area contributed by atoms with E-state index in [4.69, 9.17) is 9.40 Å². The summed E-state index contributed by atoms with van der Waals surface area (Å²) in [4.78, 5) is 5.00. The summed E-state index contributed by atoms with van der Waals surface area (Å²) in [7, 11) is -1.53. The van der Waals surface area contributed by atoms with E-state index in [0.717, 1.165) is 33.1 Å². The van der Waals surface area contributed by atoms with Gasteiger partial charge in [0.15, 0.2) is 5.58 Å². The van der Waals surface area contributed by atoms with Gasteiger partial charge < -0.3 is 4.42 Å². The molecule has 0 spiro atoms. The van der Waals surface area contributed by atoms with Crippen LogP contribution in [-0.4, -0.2) is 13.1 Å². The number of furan rings is 1. The number of benzene rings is 3. The van der Waals surface area contributed by atoms with Gasteiger partial charge in [0.05, 0.1) is 19.9 Å². The topological polar surface area (TPSA) is 26.0 Å². The Labute approximate surface area is 159 Å². The molecular weight excluding hydrogens is 346 g/mol. The van der Waals surface area contributed by atoms with Gasteiger partial charge in [-0.15, -0.1) is 0 Å². The van der Waals surface area contributed by atoms with Crippen molar-refractivity contribution in [2.24, 2.45) is 0 Å². The fourth-order valence-corrected chi connectivity index (χ4v) is 5.56. The molecular formula is C24H21NOSi. The Morgan fingerprint density at radius 1 is 0.778 bits per heavy atom. The van der Waals surface area contributed by atoms with Gasteiger partial charge in [-0.25, -0.2) is 4.98 Å². The van der Waals surface area contributed by atoms with Crippen molar-refractivity contribution >= 4 is 45.9 Å². The van der Waals surface area contributed by atoms with Crippen molar-refractivity contribution in [2.75, 3.05) is 0 Å². The lowest BCUT2D eigenvalue weighted by atomic mass is 10.0. The Hall–Kier alpha value is -2.91. The highest BCUT2D eigenvalue weighted by atomic mass is 28.3. The van der Waals surface area contributed by atoms with Gasteiger partial charge in [-0.2, -0.15) is 0 Å². The predicted molar refractivity (Wildman–Crippen MR) is 117 cm³/mol. The smallest absolute Gasteiger partial charge is 0.160 e. The molecule has 2 heterocycles. The molecule has 0 radical (unpaired) electrons. The minimum absolute atomic E-state index is 0.866. The van der Waals surface area contributed by atoms with Crippen LogP contribution >= 0.6 is 0 Å². The molecule has 0 fully saturated rings. The van der Waals surface area contributed by atoms with Gasteiger partial charge in [0, 0.05) is 16.3 Å². The third-order valence-corrected chi connectivity index (χ3v) is 7.28. The van der Waals surface area contributed by atoms with E-state index in [1.165, 1.54) is 16.0 Å². The summed E-state index contributed by atoms with van der Waals surface area (Å²) in [5.74, 6) is 0. The van der Waals surface area contributed by atoms with E-state index in [1.54, 1.807) is 6.26 Å². The summed E-state index contributed by atoms with van der Waals surface area (Å²) in [5.41, 5.74) is 3.94. The lowest BCUT2D eigenvalue weighted by Gasteiger charge is -2.21. The van der Waals surface area contributed by atoms with E-state index >= 15 is 0 Å². The molecule has 2 nitrogen and oxygen atoms in total. The molecule has 2 aromatic heterocycles. The maximum absolute atomic E-state index is 5.90. The summed E-state index contributed by atoms with van der Waals surface area (Å²) in [6.45, 7) is 7.19. The summed E-state index contributed by atoms with van der Waals surface area (Å²) in [5, 5.41) is 6.35. The molecule has 0 saturated carbocycles. The van der Waals surface area contributed by atoms with Crippen molar-refractivity contribution in [3.63, 3.8) is 0 Å². The largest absolute Gasteiger partial charge is 0.462 e. The second-order valence-electron chi connectivity index (χ2n) is 8.14. The molecule has 0 atom stereocenters. The standard InChI is InChI=1S/C24H21NOSi/c1-27(2,3)22-15-17(14-16-8-4-5-9-18(16)22)23-24-20(12-13-26-24)19-10-6-7-11-21(19)25-23/h4-15H,1-3H3. The Bertz CT molecular complexity index is 1310. The molecule has 0 N–H and O–H groups in total. The second kappa shape index (κ2) is 5.79. The molecule has 0 bridgehead atoms. The van der Waals surface area contributed by atoms with Gasteiger partial charge in [0.2, 0.25) is 0 Å². The molecule has 5 rings (SSSR count). The van der Waals surface area contributed by atoms with E-state index in [9.17, 15) is 0 Å². The number of pyridine rings is 1. The second-order valence-corrected chi connectivity index (χ2v) is 13.2. The van der Waals surface area contributed by atoms with E-state index < -0.39 is 8.07 Å². The van der Waals surface area contributed by atoms with Crippen LogP contribution in [0.4, 0.5) is 0 Å². The van der Waals surface area contributed by atoms with Crippen molar-refractivity contribution in [1.82, 2.24) is 4.98 Å². The highest BCUT2D eigenvalue weighted by Gasteiger charge is 2.22. The summed E-state index contributed by atoms with van der Waals surface area (Å²) >= 11 is 0. The van der Waals surface area contributed by atoms with E-state index in [-0.39, 0.29) is 0 Å². The number of hydrogen-bond acceptors (Lipinski definition) is 2. The molecule has 0 saturated heterocycles. The summed E-state index contributed by atoms with van der Waals surface area (Å²) < 4.78 is 5.90. The van der Waals surface area contributed by atoms with Crippen molar-refractivity contribution in [3.05, 3.63) is 73.0 Å². The minimum Gasteiger partial charge on any atom is -0.462 e. The molecule has 3 heteroatoms. The number of aromatic nitrogens is 1.